The molecular weight excluding hydrogens is 654 g/mol. The van der Waals surface area contributed by atoms with E-state index in [-0.39, 0.29) is 11.5 Å². The van der Waals surface area contributed by atoms with E-state index < -0.39 is 44.9 Å². The van der Waals surface area contributed by atoms with Gasteiger partial charge in [-0.3, -0.25) is 9.10 Å². The Morgan fingerprint density at radius 2 is 1.64 bits per heavy atom. The molecule has 0 saturated carbocycles. The molecule has 0 aromatic heterocycles. The van der Waals surface area contributed by atoms with Crippen LogP contribution < -0.4 is 19.2 Å². The van der Waals surface area contributed by atoms with Crippen LogP contribution in [0.15, 0.2) is 101 Å². The van der Waals surface area contributed by atoms with Crippen LogP contribution in [-0.4, -0.2) is 33.7 Å². The van der Waals surface area contributed by atoms with E-state index in [1.54, 1.807) is 43.3 Å². The molecule has 0 heterocycles. The molecule has 0 spiro atoms. The van der Waals surface area contributed by atoms with E-state index in [1.807, 2.05) is 12.1 Å². The molecule has 1 N–H and O–H groups in total. The lowest BCUT2D eigenvalue weighted by molar-refractivity contribution is -0.137. The number of hydrazone groups is 1. The number of hydrogen-bond acceptors (Lipinski definition) is 6. The highest BCUT2D eigenvalue weighted by Gasteiger charge is 2.35. The maximum atomic E-state index is 13.6. The maximum absolute atomic E-state index is 13.6. The highest BCUT2D eigenvalue weighted by atomic mass is 35.5. The quantitative estimate of drug-likeness (QED) is 0.125. The highest BCUT2D eigenvalue weighted by Crippen LogP contribution is 2.38. The molecule has 4 rings (SSSR count). The summed E-state index contributed by atoms with van der Waals surface area (Å²) in [5.74, 6) is -0.0248. The number of rotatable bonds is 12. The monoisotopic (exact) mass is 679 g/mol. The van der Waals surface area contributed by atoms with Crippen LogP contribution in [0.25, 0.3) is 0 Å². The fourth-order valence-corrected chi connectivity index (χ4v) is 5.78. The first-order valence-electron chi connectivity index (χ1n) is 13.3. The SMILES string of the molecule is CCOc1cc(/C=N/NC(=O)CN(c2ccc(Cl)c(C(F)(F)F)c2)S(=O)(=O)c2ccccc2)ccc1OCc1ccc(Cl)cc1. The van der Waals surface area contributed by atoms with Gasteiger partial charge in [0.05, 0.1) is 34.0 Å². The molecule has 45 heavy (non-hydrogen) atoms. The smallest absolute Gasteiger partial charge is 0.417 e. The van der Waals surface area contributed by atoms with E-state index in [1.165, 1.54) is 30.5 Å². The second-order valence-electron chi connectivity index (χ2n) is 9.33. The largest absolute Gasteiger partial charge is 0.490 e. The van der Waals surface area contributed by atoms with Crippen molar-refractivity contribution in [3.05, 3.63) is 118 Å². The van der Waals surface area contributed by atoms with Gasteiger partial charge in [-0.15, -0.1) is 0 Å². The van der Waals surface area contributed by atoms with Gasteiger partial charge < -0.3 is 9.47 Å². The number of hydrogen-bond donors (Lipinski definition) is 1. The summed E-state index contributed by atoms with van der Waals surface area (Å²) in [6.45, 7) is 1.54. The second-order valence-corrected chi connectivity index (χ2v) is 12.0. The normalized spacial score (nSPS) is 11.8. The van der Waals surface area contributed by atoms with Crippen molar-refractivity contribution in [2.75, 3.05) is 17.5 Å². The molecule has 0 atom stereocenters. The first kappa shape index (κ1) is 33.6. The van der Waals surface area contributed by atoms with E-state index in [0.29, 0.717) is 39.1 Å². The van der Waals surface area contributed by atoms with Crippen molar-refractivity contribution in [2.24, 2.45) is 5.10 Å². The number of halogens is 5. The van der Waals surface area contributed by atoms with Crippen LogP contribution in [0.5, 0.6) is 11.5 Å². The third-order valence-electron chi connectivity index (χ3n) is 6.14. The third-order valence-corrected chi connectivity index (χ3v) is 8.51. The van der Waals surface area contributed by atoms with E-state index in [9.17, 15) is 26.4 Å². The summed E-state index contributed by atoms with van der Waals surface area (Å²) in [6.07, 6.45) is -3.57. The van der Waals surface area contributed by atoms with Gasteiger partial charge in [0.15, 0.2) is 11.5 Å². The summed E-state index contributed by atoms with van der Waals surface area (Å²) in [7, 11) is -4.47. The van der Waals surface area contributed by atoms with E-state index >= 15 is 0 Å². The molecule has 14 heteroatoms. The first-order valence-corrected chi connectivity index (χ1v) is 15.5. The zero-order valence-corrected chi connectivity index (χ0v) is 25.9. The van der Waals surface area contributed by atoms with Gasteiger partial charge in [-0.25, -0.2) is 13.8 Å². The summed E-state index contributed by atoms with van der Waals surface area (Å²) in [6, 6.07) is 21.7. The summed E-state index contributed by atoms with van der Waals surface area (Å²) in [5, 5.41) is 3.88. The second kappa shape index (κ2) is 14.7. The molecule has 0 unspecified atom stereocenters. The number of nitrogens with zero attached hydrogens (tertiary/aromatic N) is 2. The maximum Gasteiger partial charge on any atom is 0.417 e. The zero-order valence-electron chi connectivity index (χ0n) is 23.6. The molecule has 0 aliphatic heterocycles. The van der Waals surface area contributed by atoms with Crippen molar-refractivity contribution in [1.82, 2.24) is 5.43 Å². The Kier molecular flexibility index (Phi) is 11.0. The summed E-state index contributed by atoms with van der Waals surface area (Å²) < 4.78 is 79.7. The molecule has 236 valence electrons. The average molecular weight is 681 g/mol. The highest BCUT2D eigenvalue weighted by molar-refractivity contribution is 7.92. The Bertz CT molecular complexity index is 1770. The van der Waals surface area contributed by atoms with E-state index in [2.05, 4.69) is 10.5 Å². The standard InChI is InChI=1S/C31H26Cl2F3N3O5S/c1-2-43-29-16-22(10-15-28(29)44-20-21-8-11-23(32)12-9-21)18-37-38-30(40)19-39(45(41,42)25-6-4-3-5-7-25)24-13-14-27(33)26(17-24)31(34,35)36/h3-18H,2,19-20H2,1H3,(H,38,40)/b37-18+. The number of carbonyl (C=O) groups excluding carboxylic acids is 1. The lowest BCUT2D eigenvalue weighted by Gasteiger charge is -2.24. The molecule has 0 radical (unpaired) electrons. The van der Waals surface area contributed by atoms with Gasteiger partial charge in [0, 0.05) is 5.02 Å². The van der Waals surface area contributed by atoms with Gasteiger partial charge in [0.2, 0.25) is 0 Å². The number of alkyl halides is 3. The number of amides is 1. The van der Waals surface area contributed by atoms with Crippen molar-refractivity contribution in [3.63, 3.8) is 0 Å². The number of carbonyl (C=O) groups is 1. The van der Waals surface area contributed by atoms with E-state index in [4.69, 9.17) is 32.7 Å². The summed E-state index contributed by atoms with van der Waals surface area (Å²) in [4.78, 5) is 12.6. The van der Waals surface area contributed by atoms with Gasteiger partial charge in [0.1, 0.15) is 13.2 Å². The van der Waals surface area contributed by atoms with Crippen molar-refractivity contribution in [1.29, 1.82) is 0 Å². The van der Waals surface area contributed by atoms with Crippen LogP contribution in [0, 0.1) is 0 Å². The van der Waals surface area contributed by atoms with Crippen LogP contribution in [0.3, 0.4) is 0 Å². The minimum atomic E-state index is -4.86. The van der Waals surface area contributed by atoms with Crippen molar-refractivity contribution >= 4 is 51.0 Å². The number of benzene rings is 4. The lowest BCUT2D eigenvalue weighted by atomic mass is 10.2. The lowest BCUT2D eigenvalue weighted by Crippen LogP contribution is -2.39. The summed E-state index contributed by atoms with van der Waals surface area (Å²) >= 11 is 11.7. The van der Waals surface area contributed by atoms with Crippen LogP contribution in [0.1, 0.15) is 23.6 Å². The predicted octanol–water partition coefficient (Wildman–Crippen LogP) is 7.34. The van der Waals surface area contributed by atoms with Gasteiger partial charge in [-0.1, -0.05) is 53.5 Å². The Balaban J connectivity index is 1.52. The number of ether oxygens (including phenoxy) is 2. The molecule has 8 nitrogen and oxygen atoms in total. The molecule has 0 saturated heterocycles. The number of anilines is 1. The molecular formula is C31H26Cl2F3N3O5S. The molecule has 1 amide bonds. The first-order chi connectivity index (χ1) is 21.4. The minimum absolute atomic E-state index is 0.230. The molecule has 0 bridgehead atoms. The Morgan fingerprint density at radius 3 is 2.31 bits per heavy atom. The molecule has 0 aliphatic carbocycles. The van der Waals surface area contributed by atoms with Gasteiger partial charge in [-0.2, -0.15) is 18.3 Å². The van der Waals surface area contributed by atoms with Gasteiger partial charge >= 0.3 is 6.18 Å². The zero-order chi connectivity index (χ0) is 32.6. The Labute approximate surface area is 268 Å². The molecule has 4 aromatic rings. The molecule has 0 aliphatic rings. The fraction of sp³-hybridized carbons (Fsp3) is 0.161. The third kappa shape index (κ3) is 8.90. The fourth-order valence-electron chi connectivity index (χ4n) is 4.00. The van der Waals surface area contributed by atoms with Crippen molar-refractivity contribution in [3.8, 4) is 11.5 Å². The molecule has 0 fully saturated rings. The van der Waals surface area contributed by atoms with Gasteiger partial charge in [-0.05, 0) is 78.7 Å². The number of nitrogens with one attached hydrogen (secondary N) is 1. The predicted molar refractivity (Wildman–Crippen MR) is 167 cm³/mol. The van der Waals surface area contributed by atoms with E-state index in [0.717, 1.165) is 17.7 Å². The van der Waals surface area contributed by atoms with Crippen LogP contribution in [0.2, 0.25) is 10.0 Å². The topological polar surface area (TPSA) is 97.3 Å². The van der Waals surface area contributed by atoms with Crippen LogP contribution in [-0.2, 0) is 27.6 Å². The molecule has 4 aromatic carbocycles. The van der Waals surface area contributed by atoms with Gasteiger partial charge in [0.25, 0.3) is 15.9 Å². The van der Waals surface area contributed by atoms with Crippen molar-refractivity contribution < 1.29 is 35.9 Å². The summed E-state index contributed by atoms with van der Waals surface area (Å²) in [5.41, 5.74) is 1.97. The Morgan fingerprint density at radius 1 is 0.933 bits per heavy atom. The number of sulfonamides is 1. The van der Waals surface area contributed by atoms with Crippen LogP contribution >= 0.6 is 23.2 Å². The van der Waals surface area contributed by atoms with Crippen molar-refractivity contribution in [2.45, 2.75) is 24.6 Å². The Hall–Kier alpha value is -4.26. The minimum Gasteiger partial charge on any atom is -0.490 e. The van der Waals surface area contributed by atoms with Crippen LogP contribution in [0.4, 0.5) is 18.9 Å². The average Bonchev–Trinajstić information content (AvgIpc) is 3.00.